The van der Waals surface area contributed by atoms with Crippen LogP contribution in [0.2, 0.25) is 10.0 Å². The number of carbonyl (C=O) groups excluding carboxylic acids is 1. The minimum absolute atomic E-state index is 0.306. The van der Waals surface area contributed by atoms with Gasteiger partial charge >= 0.3 is 5.97 Å². The molecule has 0 unspecified atom stereocenters. The topological polar surface area (TPSA) is 47.9 Å². The molecule has 0 spiro atoms. The molecule has 0 saturated heterocycles. The zero-order chi connectivity index (χ0) is 13.5. The van der Waals surface area contributed by atoms with Gasteiger partial charge in [-0.25, -0.2) is 4.79 Å². The lowest BCUT2D eigenvalue weighted by molar-refractivity contribution is -0.140. The fourth-order valence-corrected chi connectivity index (χ4v) is 1.71. The number of hydrogen-bond donors (Lipinski definition) is 0. The smallest absolute Gasteiger partial charge is 0.331 e. The van der Waals surface area contributed by atoms with Gasteiger partial charge in [0.2, 0.25) is 0 Å². The van der Waals surface area contributed by atoms with Crippen LogP contribution in [0.3, 0.4) is 0 Å². The van der Waals surface area contributed by atoms with E-state index in [-0.39, 0.29) is 0 Å². The summed E-state index contributed by atoms with van der Waals surface area (Å²) in [5.41, 5.74) is 0.595. The van der Waals surface area contributed by atoms with Gasteiger partial charge in [0.1, 0.15) is 6.61 Å². The van der Waals surface area contributed by atoms with Crippen molar-refractivity contribution in [2.75, 3.05) is 6.61 Å². The standard InChI is InChI=1S/C12H11Cl2NO3/c1-3-4-17-12-10(13)5-9(6-11(12)14)7-15-18-8(2)16/h3,5-7H,1,4H2,2H3/b15-7+. The van der Waals surface area contributed by atoms with Gasteiger partial charge in [0.25, 0.3) is 0 Å². The first-order valence-electron chi connectivity index (χ1n) is 4.98. The normalized spacial score (nSPS) is 10.4. The number of oxime groups is 1. The van der Waals surface area contributed by atoms with E-state index in [0.29, 0.717) is 28.0 Å². The minimum atomic E-state index is -0.505. The summed E-state index contributed by atoms with van der Waals surface area (Å²) < 4.78 is 5.30. The number of carbonyl (C=O) groups is 1. The van der Waals surface area contributed by atoms with Gasteiger partial charge in [-0.1, -0.05) is 41.0 Å². The Morgan fingerprint density at radius 3 is 2.56 bits per heavy atom. The molecule has 1 aromatic carbocycles. The molecule has 0 saturated carbocycles. The Labute approximate surface area is 115 Å². The van der Waals surface area contributed by atoms with Crippen molar-refractivity contribution in [2.24, 2.45) is 5.16 Å². The maximum absolute atomic E-state index is 10.5. The second-order valence-electron chi connectivity index (χ2n) is 3.23. The molecule has 0 atom stereocenters. The molecule has 0 N–H and O–H groups in total. The molecule has 18 heavy (non-hydrogen) atoms. The molecule has 0 radical (unpaired) electrons. The van der Waals surface area contributed by atoms with Gasteiger partial charge in [-0.3, -0.25) is 0 Å². The Kier molecular flexibility index (Phi) is 5.68. The summed E-state index contributed by atoms with van der Waals surface area (Å²) >= 11 is 12.0. The average Bonchev–Trinajstić information content (AvgIpc) is 2.27. The van der Waals surface area contributed by atoms with E-state index in [1.54, 1.807) is 18.2 Å². The second kappa shape index (κ2) is 7.03. The van der Waals surface area contributed by atoms with Crippen LogP contribution < -0.4 is 4.74 Å². The van der Waals surface area contributed by atoms with Crippen LogP contribution in [-0.4, -0.2) is 18.8 Å². The van der Waals surface area contributed by atoms with Crippen LogP contribution in [0.5, 0.6) is 5.75 Å². The molecule has 0 aliphatic heterocycles. The lowest BCUT2D eigenvalue weighted by atomic mass is 10.2. The van der Waals surface area contributed by atoms with Gasteiger partial charge in [0.15, 0.2) is 5.75 Å². The van der Waals surface area contributed by atoms with Gasteiger partial charge < -0.3 is 9.57 Å². The number of nitrogens with zero attached hydrogens (tertiary/aromatic N) is 1. The summed E-state index contributed by atoms with van der Waals surface area (Å²) in [7, 11) is 0. The van der Waals surface area contributed by atoms with Crippen molar-refractivity contribution in [1.82, 2.24) is 0 Å². The highest BCUT2D eigenvalue weighted by atomic mass is 35.5. The molecule has 4 nitrogen and oxygen atoms in total. The van der Waals surface area contributed by atoms with Gasteiger partial charge in [0.05, 0.1) is 16.3 Å². The van der Waals surface area contributed by atoms with Crippen molar-refractivity contribution in [3.8, 4) is 5.75 Å². The lowest BCUT2D eigenvalue weighted by Crippen LogP contribution is -1.96. The van der Waals surface area contributed by atoms with Crippen LogP contribution >= 0.6 is 23.2 Å². The summed E-state index contributed by atoms with van der Waals surface area (Å²) in [4.78, 5) is 14.9. The van der Waals surface area contributed by atoms with Crippen LogP contribution in [0.15, 0.2) is 29.9 Å². The number of benzene rings is 1. The fourth-order valence-electron chi connectivity index (χ4n) is 1.10. The zero-order valence-electron chi connectivity index (χ0n) is 9.65. The van der Waals surface area contributed by atoms with Gasteiger partial charge in [0, 0.05) is 6.92 Å². The largest absolute Gasteiger partial charge is 0.486 e. The minimum Gasteiger partial charge on any atom is -0.486 e. The molecular formula is C12H11Cl2NO3. The molecule has 96 valence electrons. The van der Waals surface area contributed by atoms with Crippen molar-refractivity contribution in [1.29, 1.82) is 0 Å². The zero-order valence-corrected chi connectivity index (χ0v) is 11.2. The highest BCUT2D eigenvalue weighted by Crippen LogP contribution is 2.33. The quantitative estimate of drug-likeness (QED) is 0.361. The van der Waals surface area contributed by atoms with Crippen molar-refractivity contribution in [3.05, 3.63) is 40.4 Å². The Morgan fingerprint density at radius 2 is 2.06 bits per heavy atom. The molecule has 6 heteroatoms. The fraction of sp³-hybridized carbons (Fsp3) is 0.167. The van der Waals surface area contributed by atoms with Crippen LogP contribution in [0.1, 0.15) is 12.5 Å². The molecule has 1 aromatic rings. The Bertz CT molecular complexity index is 463. The molecule has 0 fully saturated rings. The summed E-state index contributed by atoms with van der Waals surface area (Å²) in [5.74, 6) is -0.128. The lowest BCUT2D eigenvalue weighted by Gasteiger charge is -2.08. The highest BCUT2D eigenvalue weighted by molar-refractivity contribution is 6.37. The summed E-state index contributed by atoms with van der Waals surface area (Å²) in [6, 6.07) is 3.19. The van der Waals surface area contributed by atoms with E-state index >= 15 is 0 Å². The van der Waals surface area contributed by atoms with Crippen LogP contribution in [0.25, 0.3) is 0 Å². The van der Waals surface area contributed by atoms with Crippen molar-refractivity contribution >= 4 is 35.4 Å². The molecular weight excluding hydrogens is 277 g/mol. The van der Waals surface area contributed by atoms with E-state index in [4.69, 9.17) is 27.9 Å². The molecule has 0 aromatic heterocycles. The molecule has 0 heterocycles. The summed E-state index contributed by atoms with van der Waals surface area (Å²) in [5, 5.41) is 4.15. The summed E-state index contributed by atoms with van der Waals surface area (Å²) in [6.07, 6.45) is 2.92. The maximum Gasteiger partial charge on any atom is 0.331 e. The number of halogens is 2. The Morgan fingerprint density at radius 1 is 1.44 bits per heavy atom. The van der Waals surface area contributed by atoms with E-state index in [1.165, 1.54) is 13.1 Å². The van der Waals surface area contributed by atoms with Gasteiger partial charge in [-0.05, 0) is 17.7 Å². The second-order valence-corrected chi connectivity index (χ2v) is 4.05. The van der Waals surface area contributed by atoms with E-state index < -0.39 is 5.97 Å². The third-order valence-corrected chi connectivity index (χ3v) is 2.31. The monoisotopic (exact) mass is 287 g/mol. The van der Waals surface area contributed by atoms with Crippen LogP contribution in [-0.2, 0) is 9.63 Å². The SMILES string of the molecule is C=CCOc1c(Cl)cc(/C=N/OC(C)=O)cc1Cl. The van der Waals surface area contributed by atoms with E-state index in [0.717, 1.165) is 0 Å². The predicted octanol–water partition coefficient (Wildman–Crippen LogP) is 3.46. The summed E-state index contributed by atoms with van der Waals surface area (Å²) in [6.45, 7) is 5.09. The number of rotatable bonds is 5. The van der Waals surface area contributed by atoms with Crippen molar-refractivity contribution < 1.29 is 14.4 Å². The highest BCUT2D eigenvalue weighted by Gasteiger charge is 2.08. The third kappa shape index (κ3) is 4.39. The van der Waals surface area contributed by atoms with E-state index in [9.17, 15) is 4.79 Å². The van der Waals surface area contributed by atoms with Crippen LogP contribution in [0, 0.1) is 0 Å². The maximum atomic E-state index is 10.5. The number of hydrogen-bond acceptors (Lipinski definition) is 4. The molecule has 1 rings (SSSR count). The van der Waals surface area contributed by atoms with Crippen molar-refractivity contribution in [3.63, 3.8) is 0 Å². The van der Waals surface area contributed by atoms with Crippen LogP contribution in [0.4, 0.5) is 0 Å². The first-order valence-corrected chi connectivity index (χ1v) is 5.74. The first-order chi connectivity index (χ1) is 8.54. The third-order valence-electron chi connectivity index (χ3n) is 1.75. The van der Waals surface area contributed by atoms with E-state index in [1.807, 2.05) is 0 Å². The molecule has 0 amide bonds. The Hall–Kier alpha value is -1.52. The van der Waals surface area contributed by atoms with Crippen molar-refractivity contribution in [2.45, 2.75) is 6.92 Å². The van der Waals surface area contributed by atoms with Gasteiger partial charge in [-0.2, -0.15) is 0 Å². The first kappa shape index (κ1) is 14.5. The molecule has 0 bridgehead atoms. The molecule has 0 aliphatic carbocycles. The van der Waals surface area contributed by atoms with E-state index in [2.05, 4.69) is 16.6 Å². The molecule has 0 aliphatic rings. The van der Waals surface area contributed by atoms with Gasteiger partial charge in [-0.15, -0.1) is 0 Å². The average molecular weight is 288 g/mol. The predicted molar refractivity (Wildman–Crippen MR) is 71.5 cm³/mol. The number of ether oxygens (including phenoxy) is 1. The Balaban J connectivity index is 2.88.